The lowest BCUT2D eigenvalue weighted by Crippen LogP contribution is -2.09. The van der Waals surface area contributed by atoms with Gasteiger partial charge in [0.2, 0.25) is 11.8 Å². The maximum Gasteiger partial charge on any atom is 0.227 e. The van der Waals surface area contributed by atoms with Gasteiger partial charge in [0.25, 0.3) is 0 Å². The molecule has 1 heterocycles. The average molecular weight is 322 g/mol. The first-order chi connectivity index (χ1) is 11.6. The first-order valence-corrected chi connectivity index (χ1v) is 8.41. The standard InChI is InChI=1S/C20H22N2O2/c1-4-13(3)14-9-10-18-17(12-14)22-20(24-18)15-7-6-8-16(11-15)21-19(23)5-2/h6-13H,4-5H2,1-3H3,(H,21,23)/t13-/m0/s1. The third kappa shape index (κ3) is 3.32. The second-order valence-electron chi connectivity index (χ2n) is 6.04. The second kappa shape index (κ2) is 6.87. The van der Waals surface area contributed by atoms with Crippen molar-refractivity contribution in [3.8, 4) is 11.5 Å². The van der Waals surface area contributed by atoms with E-state index in [2.05, 4.69) is 36.3 Å². The van der Waals surface area contributed by atoms with Crippen molar-refractivity contribution in [2.24, 2.45) is 0 Å². The molecule has 2 aromatic carbocycles. The molecule has 0 unspecified atom stereocenters. The highest BCUT2D eigenvalue weighted by Gasteiger charge is 2.11. The van der Waals surface area contributed by atoms with E-state index in [1.807, 2.05) is 37.3 Å². The molecule has 0 aliphatic carbocycles. The minimum absolute atomic E-state index is 0.0112. The number of nitrogens with zero attached hydrogens (tertiary/aromatic N) is 1. The van der Waals surface area contributed by atoms with E-state index >= 15 is 0 Å². The third-order valence-electron chi connectivity index (χ3n) is 4.31. The van der Waals surface area contributed by atoms with Crippen LogP contribution < -0.4 is 5.32 Å². The minimum atomic E-state index is -0.0112. The predicted molar refractivity (Wildman–Crippen MR) is 97.1 cm³/mol. The van der Waals surface area contributed by atoms with Gasteiger partial charge in [-0.05, 0) is 48.2 Å². The molecule has 1 aromatic heterocycles. The summed E-state index contributed by atoms with van der Waals surface area (Å²) in [5, 5.41) is 2.86. The Bertz CT molecular complexity index is 867. The third-order valence-corrected chi connectivity index (χ3v) is 4.31. The fourth-order valence-corrected chi connectivity index (χ4v) is 2.59. The Morgan fingerprint density at radius 2 is 2.04 bits per heavy atom. The zero-order valence-electron chi connectivity index (χ0n) is 14.3. The molecule has 0 saturated carbocycles. The van der Waals surface area contributed by atoms with Crippen LogP contribution >= 0.6 is 0 Å². The Labute approximate surface area is 141 Å². The summed E-state index contributed by atoms with van der Waals surface area (Å²) in [5.74, 6) is 1.06. The lowest BCUT2D eigenvalue weighted by atomic mass is 9.98. The SMILES string of the molecule is CCC(=O)Nc1cccc(-c2nc3cc([C@@H](C)CC)ccc3o2)c1. The van der Waals surface area contributed by atoms with Gasteiger partial charge in [0.15, 0.2) is 5.58 Å². The summed E-state index contributed by atoms with van der Waals surface area (Å²) in [7, 11) is 0. The Morgan fingerprint density at radius 3 is 2.79 bits per heavy atom. The van der Waals surface area contributed by atoms with Crippen LogP contribution in [0.5, 0.6) is 0 Å². The summed E-state index contributed by atoms with van der Waals surface area (Å²) in [6.07, 6.45) is 1.54. The van der Waals surface area contributed by atoms with Crippen molar-refractivity contribution in [2.45, 2.75) is 39.5 Å². The molecule has 3 aromatic rings. The molecule has 1 atom stereocenters. The summed E-state index contributed by atoms with van der Waals surface area (Å²) < 4.78 is 5.88. The lowest BCUT2D eigenvalue weighted by molar-refractivity contribution is -0.115. The lowest BCUT2D eigenvalue weighted by Gasteiger charge is -2.07. The molecule has 0 fully saturated rings. The molecule has 0 saturated heterocycles. The van der Waals surface area contributed by atoms with Gasteiger partial charge in [0.1, 0.15) is 5.52 Å². The van der Waals surface area contributed by atoms with Crippen LogP contribution in [0.1, 0.15) is 45.1 Å². The number of amides is 1. The number of rotatable bonds is 5. The summed E-state index contributed by atoms with van der Waals surface area (Å²) in [6, 6.07) is 13.7. The van der Waals surface area contributed by atoms with Gasteiger partial charge in [-0.3, -0.25) is 4.79 Å². The van der Waals surface area contributed by atoms with Gasteiger partial charge in [0, 0.05) is 17.7 Å². The summed E-state index contributed by atoms with van der Waals surface area (Å²) in [4.78, 5) is 16.2. The van der Waals surface area contributed by atoms with Gasteiger partial charge in [0.05, 0.1) is 0 Å². The van der Waals surface area contributed by atoms with Gasteiger partial charge in [-0.1, -0.05) is 32.9 Å². The second-order valence-corrected chi connectivity index (χ2v) is 6.04. The van der Waals surface area contributed by atoms with Gasteiger partial charge < -0.3 is 9.73 Å². The number of carbonyl (C=O) groups excluding carboxylic acids is 1. The van der Waals surface area contributed by atoms with E-state index in [0.717, 1.165) is 28.8 Å². The number of carbonyl (C=O) groups is 1. The van der Waals surface area contributed by atoms with Crippen LogP contribution in [0.3, 0.4) is 0 Å². The summed E-state index contributed by atoms with van der Waals surface area (Å²) >= 11 is 0. The Hall–Kier alpha value is -2.62. The highest BCUT2D eigenvalue weighted by molar-refractivity contribution is 5.91. The van der Waals surface area contributed by atoms with Gasteiger partial charge in [-0.25, -0.2) is 4.98 Å². The number of anilines is 1. The molecule has 124 valence electrons. The number of hydrogen-bond donors (Lipinski definition) is 1. The molecule has 4 heteroatoms. The topological polar surface area (TPSA) is 55.1 Å². The van der Waals surface area contributed by atoms with Crippen LogP contribution in [0.4, 0.5) is 5.69 Å². The molecule has 0 aliphatic heterocycles. The Morgan fingerprint density at radius 1 is 1.21 bits per heavy atom. The van der Waals surface area contributed by atoms with Crippen LogP contribution in [0, 0.1) is 0 Å². The number of nitrogens with one attached hydrogen (secondary N) is 1. The maximum atomic E-state index is 11.5. The number of fused-ring (bicyclic) bond motifs is 1. The molecule has 4 nitrogen and oxygen atoms in total. The average Bonchev–Trinajstić information content (AvgIpc) is 3.04. The van der Waals surface area contributed by atoms with E-state index in [1.54, 1.807) is 0 Å². The zero-order chi connectivity index (χ0) is 17.1. The molecular formula is C20H22N2O2. The molecule has 1 amide bonds. The van der Waals surface area contributed by atoms with Crippen molar-refractivity contribution in [1.29, 1.82) is 0 Å². The van der Waals surface area contributed by atoms with Crippen molar-refractivity contribution in [1.82, 2.24) is 4.98 Å². The molecule has 3 rings (SSSR count). The molecular weight excluding hydrogens is 300 g/mol. The highest BCUT2D eigenvalue weighted by atomic mass is 16.3. The normalized spacial score (nSPS) is 12.3. The zero-order valence-corrected chi connectivity index (χ0v) is 14.3. The minimum Gasteiger partial charge on any atom is -0.436 e. The van der Waals surface area contributed by atoms with Crippen molar-refractivity contribution in [3.63, 3.8) is 0 Å². The first-order valence-electron chi connectivity index (χ1n) is 8.41. The van der Waals surface area contributed by atoms with Crippen molar-refractivity contribution in [2.75, 3.05) is 5.32 Å². The van der Waals surface area contributed by atoms with Crippen LogP contribution in [0.25, 0.3) is 22.6 Å². The number of benzene rings is 2. The van der Waals surface area contributed by atoms with E-state index < -0.39 is 0 Å². The van der Waals surface area contributed by atoms with E-state index in [0.29, 0.717) is 18.2 Å². The quantitative estimate of drug-likeness (QED) is 0.688. The number of oxazole rings is 1. The maximum absolute atomic E-state index is 11.5. The molecule has 0 spiro atoms. The fraction of sp³-hybridized carbons (Fsp3) is 0.300. The van der Waals surface area contributed by atoms with E-state index in [1.165, 1.54) is 5.56 Å². The van der Waals surface area contributed by atoms with Crippen LogP contribution in [0.2, 0.25) is 0 Å². The summed E-state index contributed by atoms with van der Waals surface area (Å²) in [6.45, 7) is 6.22. The molecule has 24 heavy (non-hydrogen) atoms. The van der Waals surface area contributed by atoms with E-state index in [9.17, 15) is 4.79 Å². The predicted octanol–water partition coefficient (Wildman–Crippen LogP) is 5.36. The van der Waals surface area contributed by atoms with Crippen molar-refractivity contribution in [3.05, 3.63) is 48.0 Å². The molecule has 0 radical (unpaired) electrons. The van der Waals surface area contributed by atoms with Crippen molar-refractivity contribution < 1.29 is 9.21 Å². The molecule has 1 N–H and O–H groups in total. The smallest absolute Gasteiger partial charge is 0.227 e. The largest absolute Gasteiger partial charge is 0.436 e. The first kappa shape index (κ1) is 16.2. The number of aromatic nitrogens is 1. The van der Waals surface area contributed by atoms with Gasteiger partial charge >= 0.3 is 0 Å². The monoisotopic (exact) mass is 322 g/mol. The number of hydrogen-bond acceptors (Lipinski definition) is 3. The van der Waals surface area contributed by atoms with Crippen molar-refractivity contribution >= 4 is 22.7 Å². The van der Waals surface area contributed by atoms with Gasteiger partial charge in [-0.2, -0.15) is 0 Å². The fourth-order valence-electron chi connectivity index (χ4n) is 2.59. The van der Waals surface area contributed by atoms with Gasteiger partial charge in [-0.15, -0.1) is 0 Å². The Balaban J connectivity index is 1.94. The summed E-state index contributed by atoms with van der Waals surface area (Å²) in [5.41, 5.74) is 4.52. The van der Waals surface area contributed by atoms with E-state index in [4.69, 9.17) is 4.42 Å². The van der Waals surface area contributed by atoms with Crippen LogP contribution in [-0.4, -0.2) is 10.9 Å². The van der Waals surface area contributed by atoms with E-state index in [-0.39, 0.29) is 5.91 Å². The van der Waals surface area contributed by atoms with Crippen LogP contribution in [-0.2, 0) is 4.79 Å². The highest BCUT2D eigenvalue weighted by Crippen LogP contribution is 2.29. The molecule has 0 aliphatic rings. The Kier molecular flexibility index (Phi) is 4.65. The molecule has 0 bridgehead atoms. The van der Waals surface area contributed by atoms with Crippen LogP contribution in [0.15, 0.2) is 46.9 Å².